The predicted octanol–water partition coefficient (Wildman–Crippen LogP) is 2.37. The molecular weight excluding hydrogens is 292 g/mol. The fourth-order valence-corrected chi connectivity index (χ4v) is 2.20. The Balaban J connectivity index is 2.20. The molecule has 2 N–H and O–H groups in total. The van der Waals surface area contributed by atoms with Crippen LogP contribution in [-0.2, 0) is 7.05 Å². The average molecular weight is 314 g/mol. The number of anilines is 1. The van der Waals surface area contributed by atoms with Gasteiger partial charge in [0.05, 0.1) is 11.9 Å². The summed E-state index contributed by atoms with van der Waals surface area (Å²) in [5.41, 5.74) is 2.19. The second kappa shape index (κ2) is 7.09. The maximum absolute atomic E-state index is 12.4. The summed E-state index contributed by atoms with van der Waals surface area (Å²) in [6, 6.07) is 7.30. The van der Waals surface area contributed by atoms with Crippen LogP contribution >= 0.6 is 0 Å². The van der Waals surface area contributed by atoms with Gasteiger partial charge in [-0.25, -0.2) is 0 Å². The summed E-state index contributed by atoms with van der Waals surface area (Å²) in [6.45, 7) is 6.47. The number of amides is 2. The van der Waals surface area contributed by atoms with Gasteiger partial charge in [-0.05, 0) is 24.5 Å². The van der Waals surface area contributed by atoms with Crippen molar-refractivity contribution >= 4 is 17.5 Å². The van der Waals surface area contributed by atoms with Gasteiger partial charge in [0.2, 0.25) is 0 Å². The van der Waals surface area contributed by atoms with Crippen LogP contribution in [0.2, 0.25) is 0 Å². The van der Waals surface area contributed by atoms with Crippen LogP contribution in [0.15, 0.2) is 30.5 Å². The highest BCUT2D eigenvalue weighted by Crippen LogP contribution is 2.17. The van der Waals surface area contributed by atoms with Crippen molar-refractivity contribution in [3.05, 3.63) is 47.3 Å². The second-order valence-electron chi connectivity index (χ2n) is 5.90. The number of nitrogens with one attached hydrogen (secondary N) is 2. The van der Waals surface area contributed by atoms with Gasteiger partial charge in [-0.1, -0.05) is 32.0 Å². The predicted molar refractivity (Wildman–Crippen MR) is 89.5 cm³/mol. The lowest BCUT2D eigenvalue weighted by Crippen LogP contribution is -2.30. The van der Waals surface area contributed by atoms with Gasteiger partial charge in [-0.15, -0.1) is 0 Å². The van der Waals surface area contributed by atoms with Gasteiger partial charge in [0.25, 0.3) is 11.8 Å². The quantitative estimate of drug-likeness (QED) is 0.889. The first kappa shape index (κ1) is 16.7. The number of carbonyl (C=O) groups excluding carboxylic acids is 2. The molecule has 0 aliphatic heterocycles. The van der Waals surface area contributed by atoms with Crippen molar-refractivity contribution in [3.63, 3.8) is 0 Å². The van der Waals surface area contributed by atoms with Crippen LogP contribution < -0.4 is 10.6 Å². The molecule has 122 valence electrons. The molecular formula is C17H22N4O2. The van der Waals surface area contributed by atoms with Gasteiger partial charge in [-0.3, -0.25) is 14.3 Å². The van der Waals surface area contributed by atoms with E-state index in [0.29, 0.717) is 29.4 Å². The molecule has 0 unspecified atom stereocenters. The highest BCUT2D eigenvalue weighted by molar-refractivity contribution is 6.08. The number of aryl methyl sites for hydroxylation is 2. The lowest BCUT2D eigenvalue weighted by Gasteiger charge is -2.11. The van der Waals surface area contributed by atoms with Crippen LogP contribution in [0.3, 0.4) is 0 Å². The number of aromatic nitrogens is 2. The molecule has 0 aliphatic carbocycles. The summed E-state index contributed by atoms with van der Waals surface area (Å²) in [5, 5.41) is 9.69. The van der Waals surface area contributed by atoms with Crippen LogP contribution in [0.1, 0.15) is 40.3 Å². The van der Waals surface area contributed by atoms with Gasteiger partial charge in [-0.2, -0.15) is 5.10 Å². The van der Waals surface area contributed by atoms with E-state index in [1.54, 1.807) is 19.2 Å². The summed E-state index contributed by atoms with van der Waals surface area (Å²) in [4.78, 5) is 24.7. The maximum atomic E-state index is 12.4. The Morgan fingerprint density at radius 2 is 1.91 bits per heavy atom. The molecule has 0 bridgehead atoms. The van der Waals surface area contributed by atoms with Crippen molar-refractivity contribution in [2.45, 2.75) is 20.8 Å². The molecule has 0 fully saturated rings. The first-order valence-corrected chi connectivity index (χ1v) is 7.57. The Bertz CT molecular complexity index is 719. The summed E-state index contributed by atoms with van der Waals surface area (Å²) in [5.74, 6) is -0.162. The van der Waals surface area contributed by atoms with Crippen molar-refractivity contribution < 1.29 is 9.59 Å². The monoisotopic (exact) mass is 314 g/mol. The zero-order chi connectivity index (χ0) is 17.0. The molecule has 0 atom stereocenters. The van der Waals surface area contributed by atoms with Crippen molar-refractivity contribution in [1.29, 1.82) is 0 Å². The number of nitrogens with zero attached hydrogens (tertiary/aromatic N) is 2. The molecule has 0 spiro atoms. The largest absolute Gasteiger partial charge is 0.350 e. The maximum Gasteiger partial charge on any atom is 0.271 e. The summed E-state index contributed by atoms with van der Waals surface area (Å²) in [6.07, 6.45) is 1.49. The standard InChI is InChI=1S/C17H22N4O2/c1-11(2)9-18-17(23)15-14(10-19-21(15)4)20-16(22)13-8-6-5-7-12(13)3/h5-8,10-11H,9H2,1-4H3,(H,18,23)(H,20,22). The molecule has 1 aromatic carbocycles. The molecule has 2 amide bonds. The smallest absolute Gasteiger partial charge is 0.271 e. The fourth-order valence-electron chi connectivity index (χ4n) is 2.20. The highest BCUT2D eigenvalue weighted by Gasteiger charge is 2.19. The van der Waals surface area contributed by atoms with Crippen molar-refractivity contribution in [2.24, 2.45) is 13.0 Å². The van der Waals surface area contributed by atoms with Gasteiger partial charge in [0.15, 0.2) is 0 Å². The summed E-state index contributed by atoms with van der Waals surface area (Å²) < 4.78 is 1.46. The van der Waals surface area contributed by atoms with Crippen molar-refractivity contribution in [2.75, 3.05) is 11.9 Å². The normalized spacial score (nSPS) is 10.7. The van der Waals surface area contributed by atoms with Crippen molar-refractivity contribution in [3.8, 4) is 0 Å². The van der Waals surface area contributed by atoms with Gasteiger partial charge >= 0.3 is 0 Å². The molecule has 6 heteroatoms. The molecule has 0 saturated carbocycles. The Morgan fingerprint density at radius 1 is 1.22 bits per heavy atom. The Hall–Kier alpha value is -2.63. The third-order valence-electron chi connectivity index (χ3n) is 3.46. The van der Waals surface area contributed by atoms with Crippen molar-refractivity contribution in [1.82, 2.24) is 15.1 Å². The van der Waals surface area contributed by atoms with E-state index in [1.165, 1.54) is 10.9 Å². The second-order valence-corrected chi connectivity index (χ2v) is 5.90. The molecule has 2 rings (SSSR count). The van der Waals surface area contributed by atoms with Crippen LogP contribution in [0, 0.1) is 12.8 Å². The van der Waals surface area contributed by atoms with Crippen LogP contribution in [0.4, 0.5) is 5.69 Å². The van der Waals surface area contributed by atoms with E-state index in [4.69, 9.17) is 0 Å². The zero-order valence-electron chi connectivity index (χ0n) is 13.9. The molecule has 6 nitrogen and oxygen atoms in total. The summed E-state index contributed by atoms with van der Waals surface area (Å²) in [7, 11) is 1.67. The first-order valence-electron chi connectivity index (χ1n) is 7.57. The number of hydrogen-bond donors (Lipinski definition) is 2. The lowest BCUT2D eigenvalue weighted by atomic mass is 10.1. The Morgan fingerprint density at radius 3 is 2.57 bits per heavy atom. The van der Waals surface area contributed by atoms with E-state index in [1.807, 2.05) is 32.9 Å². The van der Waals surface area contributed by atoms with Crippen LogP contribution in [-0.4, -0.2) is 28.1 Å². The summed E-state index contributed by atoms with van der Waals surface area (Å²) >= 11 is 0. The van der Waals surface area contributed by atoms with Crippen LogP contribution in [0.25, 0.3) is 0 Å². The van der Waals surface area contributed by atoms with Gasteiger partial charge in [0, 0.05) is 19.2 Å². The molecule has 1 heterocycles. The molecule has 0 aliphatic rings. The minimum Gasteiger partial charge on any atom is -0.350 e. The fraction of sp³-hybridized carbons (Fsp3) is 0.353. The number of benzene rings is 1. The highest BCUT2D eigenvalue weighted by atomic mass is 16.2. The van der Waals surface area contributed by atoms with E-state index in [9.17, 15) is 9.59 Å². The molecule has 23 heavy (non-hydrogen) atoms. The molecule has 2 aromatic rings. The topological polar surface area (TPSA) is 76.0 Å². The minimum atomic E-state index is -0.256. The third-order valence-corrected chi connectivity index (χ3v) is 3.46. The SMILES string of the molecule is Cc1ccccc1C(=O)Nc1cnn(C)c1C(=O)NCC(C)C. The minimum absolute atomic E-state index is 0.251. The van der Waals surface area contributed by atoms with Gasteiger partial charge in [0.1, 0.15) is 5.69 Å². The molecule has 0 radical (unpaired) electrons. The number of carbonyl (C=O) groups is 2. The van der Waals surface area contributed by atoms with E-state index < -0.39 is 0 Å². The molecule has 0 saturated heterocycles. The van der Waals surface area contributed by atoms with Crippen LogP contribution in [0.5, 0.6) is 0 Å². The number of rotatable bonds is 5. The lowest BCUT2D eigenvalue weighted by molar-refractivity contribution is 0.0940. The third kappa shape index (κ3) is 3.97. The van der Waals surface area contributed by atoms with E-state index >= 15 is 0 Å². The Kier molecular flexibility index (Phi) is 5.16. The average Bonchev–Trinajstić information content (AvgIpc) is 2.86. The van der Waals surface area contributed by atoms with Gasteiger partial charge < -0.3 is 10.6 Å². The van der Waals surface area contributed by atoms with E-state index in [2.05, 4.69) is 15.7 Å². The first-order chi connectivity index (χ1) is 10.9. The van der Waals surface area contributed by atoms with E-state index in [-0.39, 0.29) is 11.8 Å². The van der Waals surface area contributed by atoms with E-state index in [0.717, 1.165) is 5.56 Å². The zero-order valence-corrected chi connectivity index (χ0v) is 13.9. The molecule has 1 aromatic heterocycles. The number of hydrogen-bond acceptors (Lipinski definition) is 3. The Labute approximate surface area is 135 Å².